The molecule has 0 bridgehead atoms. The second kappa shape index (κ2) is 6.31. The van der Waals surface area contributed by atoms with Crippen LogP contribution in [0, 0.1) is 0 Å². The Morgan fingerprint density at radius 3 is 3.06 bits per heavy atom. The molecule has 1 atom stereocenters. The number of hydrogen-bond acceptors (Lipinski definition) is 4. The van der Waals surface area contributed by atoms with Crippen molar-refractivity contribution < 1.29 is 4.74 Å². The van der Waals surface area contributed by atoms with Crippen LogP contribution in [0.15, 0.2) is 34.1 Å². The number of nitrogens with one attached hydrogen (secondary N) is 1. The molecule has 1 aromatic heterocycles. The van der Waals surface area contributed by atoms with Crippen LogP contribution < -0.4 is 5.32 Å². The summed E-state index contributed by atoms with van der Waals surface area (Å²) in [6.07, 6.45) is 0. The molecule has 0 spiro atoms. The van der Waals surface area contributed by atoms with Crippen molar-refractivity contribution in [2.75, 3.05) is 19.0 Å². The summed E-state index contributed by atoms with van der Waals surface area (Å²) >= 11 is 5.08. The van der Waals surface area contributed by atoms with Crippen LogP contribution in [0.1, 0.15) is 6.92 Å². The lowest BCUT2D eigenvalue weighted by Crippen LogP contribution is -2.20. The fraction of sp³-hybridized carbons (Fsp3) is 0.308. The number of benzene rings is 1. The molecule has 1 aromatic carbocycles. The second-order valence-electron chi connectivity index (χ2n) is 4.05. The lowest BCUT2D eigenvalue weighted by atomic mass is 10.2. The third-order valence-electron chi connectivity index (χ3n) is 2.41. The molecular weight excluding hydrogens is 312 g/mol. The Morgan fingerprint density at radius 2 is 2.33 bits per heavy atom. The fourth-order valence-corrected chi connectivity index (χ4v) is 2.85. The van der Waals surface area contributed by atoms with Gasteiger partial charge in [0.05, 0.1) is 12.3 Å². The summed E-state index contributed by atoms with van der Waals surface area (Å²) in [6.45, 7) is 2.75. The van der Waals surface area contributed by atoms with Gasteiger partial charge in [0.1, 0.15) is 0 Å². The van der Waals surface area contributed by atoms with Gasteiger partial charge in [0.2, 0.25) is 0 Å². The number of nitrogens with zero attached hydrogens (tertiary/aromatic N) is 1. The van der Waals surface area contributed by atoms with Crippen molar-refractivity contribution >= 4 is 32.4 Å². The topological polar surface area (TPSA) is 34.1 Å². The van der Waals surface area contributed by atoms with Crippen molar-refractivity contribution in [2.45, 2.75) is 13.0 Å². The first-order valence-corrected chi connectivity index (χ1v) is 7.33. The van der Waals surface area contributed by atoms with Gasteiger partial charge < -0.3 is 10.1 Å². The highest BCUT2D eigenvalue weighted by Gasteiger charge is 2.07. The van der Waals surface area contributed by atoms with E-state index in [1.54, 1.807) is 18.4 Å². The number of anilines is 1. The molecule has 18 heavy (non-hydrogen) atoms. The first-order chi connectivity index (χ1) is 8.69. The highest BCUT2D eigenvalue weighted by atomic mass is 79.9. The van der Waals surface area contributed by atoms with Crippen molar-refractivity contribution in [3.63, 3.8) is 0 Å². The maximum absolute atomic E-state index is 5.09. The molecule has 0 amide bonds. The summed E-state index contributed by atoms with van der Waals surface area (Å²) in [5, 5.41) is 6.30. The van der Waals surface area contributed by atoms with E-state index in [1.807, 2.05) is 12.1 Å². The molecule has 0 aliphatic carbocycles. The number of hydrogen-bond donors (Lipinski definition) is 1. The van der Waals surface area contributed by atoms with Crippen LogP contribution in [0.2, 0.25) is 0 Å². The molecule has 2 aromatic rings. The first kappa shape index (κ1) is 13.5. The predicted molar refractivity (Wildman–Crippen MR) is 80.2 cm³/mol. The normalized spacial score (nSPS) is 12.4. The Bertz CT molecular complexity index is 515. The maximum Gasteiger partial charge on any atom is 0.183 e. The summed E-state index contributed by atoms with van der Waals surface area (Å²) < 4.78 is 6.16. The average Bonchev–Trinajstić information content (AvgIpc) is 2.78. The number of ether oxygens (including phenoxy) is 1. The van der Waals surface area contributed by atoms with Gasteiger partial charge in [0.15, 0.2) is 5.13 Å². The van der Waals surface area contributed by atoms with Crippen molar-refractivity contribution in [1.29, 1.82) is 0 Å². The van der Waals surface area contributed by atoms with E-state index in [-0.39, 0.29) is 6.04 Å². The fourth-order valence-electron chi connectivity index (χ4n) is 1.62. The van der Waals surface area contributed by atoms with E-state index in [9.17, 15) is 0 Å². The molecule has 0 radical (unpaired) electrons. The highest BCUT2D eigenvalue weighted by Crippen LogP contribution is 2.27. The van der Waals surface area contributed by atoms with Crippen molar-refractivity contribution in [2.24, 2.45) is 0 Å². The summed E-state index contributed by atoms with van der Waals surface area (Å²) in [6, 6.07) is 8.41. The molecule has 0 aliphatic heterocycles. The largest absolute Gasteiger partial charge is 0.383 e. The van der Waals surface area contributed by atoms with E-state index >= 15 is 0 Å². The van der Waals surface area contributed by atoms with Gasteiger partial charge >= 0.3 is 0 Å². The minimum atomic E-state index is 0.261. The molecule has 0 aliphatic rings. The molecule has 0 saturated carbocycles. The molecule has 0 fully saturated rings. The van der Waals surface area contributed by atoms with Gasteiger partial charge in [0.25, 0.3) is 0 Å². The van der Waals surface area contributed by atoms with Crippen LogP contribution in [0.5, 0.6) is 0 Å². The van der Waals surface area contributed by atoms with Gasteiger partial charge in [-0.2, -0.15) is 0 Å². The van der Waals surface area contributed by atoms with E-state index in [2.05, 4.69) is 50.7 Å². The van der Waals surface area contributed by atoms with Gasteiger partial charge in [-0.3, -0.25) is 0 Å². The van der Waals surface area contributed by atoms with Crippen LogP contribution in [0.4, 0.5) is 5.13 Å². The summed E-state index contributed by atoms with van der Waals surface area (Å²) in [5.74, 6) is 0. The van der Waals surface area contributed by atoms with Crippen LogP contribution in [-0.4, -0.2) is 24.7 Å². The molecule has 0 unspecified atom stereocenters. The minimum Gasteiger partial charge on any atom is -0.383 e. The van der Waals surface area contributed by atoms with Gasteiger partial charge in [-0.1, -0.05) is 28.1 Å². The zero-order valence-corrected chi connectivity index (χ0v) is 12.7. The quantitative estimate of drug-likeness (QED) is 0.901. The second-order valence-corrected chi connectivity index (χ2v) is 5.82. The number of methoxy groups -OCH3 is 1. The molecule has 96 valence electrons. The molecule has 1 N–H and O–H groups in total. The third kappa shape index (κ3) is 3.54. The Balaban J connectivity index is 2.10. The monoisotopic (exact) mass is 326 g/mol. The predicted octanol–water partition coefficient (Wildman–Crippen LogP) is 4.02. The number of halogens is 1. The minimum absolute atomic E-state index is 0.261. The summed E-state index contributed by atoms with van der Waals surface area (Å²) in [5.41, 5.74) is 2.11. The van der Waals surface area contributed by atoms with E-state index in [1.165, 1.54) is 0 Å². The van der Waals surface area contributed by atoms with Gasteiger partial charge in [-0.25, -0.2) is 4.98 Å². The lowest BCUT2D eigenvalue weighted by Gasteiger charge is -2.10. The van der Waals surface area contributed by atoms with Gasteiger partial charge in [-0.15, -0.1) is 11.3 Å². The molecular formula is C13H15BrN2OS. The van der Waals surface area contributed by atoms with Crippen LogP contribution >= 0.6 is 27.3 Å². The molecule has 3 nitrogen and oxygen atoms in total. The molecule has 0 saturated heterocycles. The zero-order chi connectivity index (χ0) is 13.0. The van der Waals surface area contributed by atoms with Crippen molar-refractivity contribution in [3.05, 3.63) is 34.1 Å². The summed E-state index contributed by atoms with van der Waals surface area (Å²) in [7, 11) is 1.70. The van der Waals surface area contributed by atoms with E-state index in [0.29, 0.717) is 6.61 Å². The van der Waals surface area contributed by atoms with E-state index in [0.717, 1.165) is 20.9 Å². The number of aromatic nitrogens is 1. The van der Waals surface area contributed by atoms with Gasteiger partial charge in [0, 0.05) is 28.6 Å². The smallest absolute Gasteiger partial charge is 0.183 e. The molecule has 2 rings (SSSR count). The van der Waals surface area contributed by atoms with Crippen LogP contribution in [0.25, 0.3) is 11.3 Å². The van der Waals surface area contributed by atoms with Crippen LogP contribution in [-0.2, 0) is 4.74 Å². The van der Waals surface area contributed by atoms with Gasteiger partial charge in [-0.05, 0) is 19.1 Å². The number of rotatable bonds is 5. The average molecular weight is 327 g/mol. The zero-order valence-electron chi connectivity index (χ0n) is 10.3. The number of thiazole rings is 1. The SMILES string of the molecule is COC[C@@H](C)Nc1nc(-c2cccc(Br)c2)cs1. The van der Waals surface area contributed by atoms with Crippen molar-refractivity contribution in [1.82, 2.24) is 4.98 Å². The standard InChI is InChI=1S/C13H15BrN2OS/c1-9(7-17-2)15-13-16-12(8-18-13)10-4-3-5-11(14)6-10/h3-6,8-9H,7H2,1-2H3,(H,15,16)/t9-/m1/s1. The Kier molecular flexibility index (Phi) is 4.74. The molecule has 5 heteroatoms. The lowest BCUT2D eigenvalue weighted by molar-refractivity contribution is 0.190. The maximum atomic E-state index is 5.09. The third-order valence-corrected chi connectivity index (χ3v) is 3.68. The Hall–Kier alpha value is -0.910. The van der Waals surface area contributed by atoms with E-state index < -0.39 is 0 Å². The first-order valence-electron chi connectivity index (χ1n) is 5.66. The van der Waals surface area contributed by atoms with Crippen molar-refractivity contribution in [3.8, 4) is 11.3 Å². The Labute approximate surface area is 119 Å². The van der Waals surface area contributed by atoms with Crippen LogP contribution in [0.3, 0.4) is 0 Å². The Morgan fingerprint density at radius 1 is 1.50 bits per heavy atom. The molecule has 1 heterocycles. The highest BCUT2D eigenvalue weighted by molar-refractivity contribution is 9.10. The van der Waals surface area contributed by atoms with E-state index in [4.69, 9.17) is 4.74 Å². The summed E-state index contributed by atoms with van der Waals surface area (Å²) in [4.78, 5) is 4.57.